The average Bonchev–Trinajstić information content (AvgIpc) is 2.46. The van der Waals surface area contributed by atoms with Crippen molar-refractivity contribution in [2.45, 2.75) is 18.9 Å². The molecular weight excluding hydrogens is 262 g/mol. The van der Waals surface area contributed by atoms with Crippen molar-refractivity contribution < 1.29 is 14.5 Å². The Hall–Kier alpha value is -2.15. The lowest BCUT2D eigenvalue weighted by Crippen LogP contribution is -2.42. The van der Waals surface area contributed by atoms with Gasteiger partial charge < -0.3 is 15.4 Å². The summed E-state index contributed by atoms with van der Waals surface area (Å²) in [7, 11) is 1.32. The normalized spacial score (nSPS) is 16.0. The SMILES string of the molecule is COc1c(C(=O)N2CCC(N)CC2)cccc1[N+](=O)[O-]. The number of rotatable bonds is 3. The molecule has 0 spiro atoms. The molecule has 7 heteroatoms. The van der Waals surface area contributed by atoms with Crippen LogP contribution in [0.2, 0.25) is 0 Å². The Morgan fingerprint density at radius 3 is 2.65 bits per heavy atom. The van der Waals surface area contributed by atoms with Crippen molar-refractivity contribution in [3.8, 4) is 5.75 Å². The summed E-state index contributed by atoms with van der Waals surface area (Å²) < 4.78 is 5.06. The van der Waals surface area contributed by atoms with E-state index in [9.17, 15) is 14.9 Å². The Bertz CT molecular complexity index is 524. The molecule has 0 unspecified atom stereocenters. The maximum Gasteiger partial charge on any atom is 0.311 e. The number of hydrogen-bond acceptors (Lipinski definition) is 5. The minimum atomic E-state index is -0.554. The van der Waals surface area contributed by atoms with Crippen molar-refractivity contribution in [2.24, 2.45) is 5.73 Å². The van der Waals surface area contributed by atoms with E-state index in [-0.39, 0.29) is 28.9 Å². The zero-order valence-electron chi connectivity index (χ0n) is 11.2. The van der Waals surface area contributed by atoms with Crippen molar-refractivity contribution >= 4 is 11.6 Å². The minimum Gasteiger partial charge on any atom is -0.490 e. The Kier molecular flexibility index (Phi) is 4.19. The van der Waals surface area contributed by atoms with E-state index < -0.39 is 4.92 Å². The molecule has 1 aromatic rings. The van der Waals surface area contributed by atoms with Crippen molar-refractivity contribution in [3.05, 3.63) is 33.9 Å². The molecule has 1 amide bonds. The van der Waals surface area contributed by atoms with Crippen LogP contribution in [0.25, 0.3) is 0 Å². The van der Waals surface area contributed by atoms with Gasteiger partial charge in [0.05, 0.1) is 17.6 Å². The summed E-state index contributed by atoms with van der Waals surface area (Å²) in [6.07, 6.45) is 1.48. The van der Waals surface area contributed by atoms with Gasteiger partial charge in [0.15, 0.2) is 0 Å². The fourth-order valence-electron chi connectivity index (χ4n) is 2.32. The molecule has 1 fully saturated rings. The molecule has 1 aliphatic rings. The fraction of sp³-hybridized carbons (Fsp3) is 0.462. The van der Waals surface area contributed by atoms with Gasteiger partial charge in [0.1, 0.15) is 0 Å². The van der Waals surface area contributed by atoms with Crippen LogP contribution in [0.15, 0.2) is 18.2 Å². The molecule has 2 rings (SSSR count). The molecular formula is C13H17N3O4. The lowest BCUT2D eigenvalue weighted by atomic mass is 10.0. The van der Waals surface area contributed by atoms with Crippen LogP contribution in [0.5, 0.6) is 5.75 Å². The van der Waals surface area contributed by atoms with Gasteiger partial charge in [0, 0.05) is 25.2 Å². The van der Waals surface area contributed by atoms with Gasteiger partial charge in [-0.3, -0.25) is 14.9 Å². The van der Waals surface area contributed by atoms with Crippen molar-refractivity contribution in [1.82, 2.24) is 4.90 Å². The second-order valence-electron chi connectivity index (χ2n) is 4.74. The number of methoxy groups -OCH3 is 1. The van der Waals surface area contributed by atoms with Gasteiger partial charge >= 0.3 is 5.69 Å². The highest BCUT2D eigenvalue weighted by Crippen LogP contribution is 2.31. The molecule has 1 heterocycles. The Balaban J connectivity index is 2.30. The zero-order valence-corrected chi connectivity index (χ0v) is 11.2. The fourth-order valence-corrected chi connectivity index (χ4v) is 2.32. The second-order valence-corrected chi connectivity index (χ2v) is 4.74. The van der Waals surface area contributed by atoms with E-state index in [0.29, 0.717) is 13.1 Å². The number of nitro benzene ring substituents is 1. The Labute approximate surface area is 116 Å². The molecule has 20 heavy (non-hydrogen) atoms. The third-order valence-corrected chi connectivity index (χ3v) is 3.45. The summed E-state index contributed by atoms with van der Waals surface area (Å²) in [5, 5.41) is 11.0. The van der Waals surface area contributed by atoms with Crippen LogP contribution >= 0.6 is 0 Å². The molecule has 108 valence electrons. The first-order chi connectivity index (χ1) is 9.54. The molecule has 0 saturated carbocycles. The van der Waals surface area contributed by atoms with E-state index in [0.717, 1.165) is 12.8 Å². The van der Waals surface area contributed by atoms with E-state index in [2.05, 4.69) is 0 Å². The smallest absolute Gasteiger partial charge is 0.311 e. The number of ether oxygens (including phenoxy) is 1. The highest BCUT2D eigenvalue weighted by Gasteiger charge is 2.27. The first kappa shape index (κ1) is 14.3. The molecule has 0 aliphatic carbocycles. The van der Waals surface area contributed by atoms with E-state index in [1.54, 1.807) is 11.0 Å². The highest BCUT2D eigenvalue weighted by atomic mass is 16.6. The number of benzene rings is 1. The number of nitrogens with two attached hydrogens (primary N) is 1. The van der Waals surface area contributed by atoms with E-state index in [1.807, 2.05) is 0 Å². The van der Waals surface area contributed by atoms with Gasteiger partial charge in [-0.05, 0) is 18.9 Å². The predicted molar refractivity (Wildman–Crippen MR) is 72.8 cm³/mol. The maximum atomic E-state index is 12.4. The quantitative estimate of drug-likeness (QED) is 0.661. The van der Waals surface area contributed by atoms with Crippen molar-refractivity contribution in [3.63, 3.8) is 0 Å². The molecule has 0 bridgehead atoms. The molecule has 1 saturated heterocycles. The molecule has 1 aliphatic heterocycles. The molecule has 0 radical (unpaired) electrons. The predicted octanol–water partition coefficient (Wildman–Crippen LogP) is 1.17. The van der Waals surface area contributed by atoms with Crippen LogP contribution in [0.4, 0.5) is 5.69 Å². The van der Waals surface area contributed by atoms with E-state index in [4.69, 9.17) is 10.5 Å². The number of carbonyl (C=O) groups is 1. The Morgan fingerprint density at radius 2 is 2.10 bits per heavy atom. The summed E-state index contributed by atoms with van der Waals surface area (Å²) in [4.78, 5) is 24.5. The van der Waals surface area contributed by atoms with Crippen molar-refractivity contribution in [1.29, 1.82) is 0 Å². The van der Waals surface area contributed by atoms with Crippen LogP contribution in [0.1, 0.15) is 23.2 Å². The van der Waals surface area contributed by atoms with E-state index >= 15 is 0 Å². The van der Waals surface area contributed by atoms with Gasteiger partial charge in [0.25, 0.3) is 5.91 Å². The van der Waals surface area contributed by atoms with Gasteiger partial charge in [0.2, 0.25) is 5.75 Å². The van der Waals surface area contributed by atoms with Crippen LogP contribution in [0.3, 0.4) is 0 Å². The summed E-state index contributed by atoms with van der Waals surface area (Å²) >= 11 is 0. The summed E-state index contributed by atoms with van der Waals surface area (Å²) in [5.74, 6) is -0.241. The topological polar surface area (TPSA) is 98.7 Å². The monoisotopic (exact) mass is 279 g/mol. The zero-order chi connectivity index (χ0) is 14.7. The van der Waals surface area contributed by atoms with Crippen LogP contribution < -0.4 is 10.5 Å². The number of para-hydroxylation sites is 1. The first-order valence-electron chi connectivity index (χ1n) is 6.41. The molecule has 0 atom stereocenters. The first-order valence-corrected chi connectivity index (χ1v) is 6.41. The highest BCUT2D eigenvalue weighted by molar-refractivity contribution is 5.98. The largest absolute Gasteiger partial charge is 0.490 e. The van der Waals surface area contributed by atoms with Crippen molar-refractivity contribution in [2.75, 3.05) is 20.2 Å². The molecule has 1 aromatic carbocycles. The van der Waals surface area contributed by atoms with E-state index in [1.165, 1.54) is 19.2 Å². The second kappa shape index (κ2) is 5.87. The molecule has 7 nitrogen and oxygen atoms in total. The van der Waals surface area contributed by atoms with Crippen LogP contribution in [-0.4, -0.2) is 42.0 Å². The number of likely N-dealkylation sites (tertiary alicyclic amines) is 1. The average molecular weight is 279 g/mol. The minimum absolute atomic E-state index is 0.0115. The maximum absolute atomic E-state index is 12.4. The molecule has 0 aromatic heterocycles. The summed E-state index contributed by atoms with van der Waals surface area (Å²) in [6, 6.07) is 4.47. The number of nitro groups is 1. The van der Waals surface area contributed by atoms with Gasteiger partial charge in [-0.2, -0.15) is 0 Å². The standard InChI is InChI=1S/C13H17N3O4/c1-20-12-10(3-2-4-11(12)16(18)19)13(17)15-7-5-9(14)6-8-15/h2-4,9H,5-8,14H2,1H3. The van der Waals surface area contributed by atoms with Gasteiger partial charge in [-0.25, -0.2) is 0 Å². The lowest BCUT2D eigenvalue weighted by Gasteiger charge is -2.30. The Morgan fingerprint density at radius 1 is 1.45 bits per heavy atom. The van der Waals surface area contributed by atoms with Crippen LogP contribution in [0, 0.1) is 10.1 Å². The summed E-state index contributed by atoms with van der Waals surface area (Å²) in [5.41, 5.74) is 5.82. The number of hydrogen-bond donors (Lipinski definition) is 1. The number of carbonyl (C=O) groups excluding carboxylic acids is 1. The number of amides is 1. The summed E-state index contributed by atoms with van der Waals surface area (Å²) in [6.45, 7) is 1.12. The van der Waals surface area contributed by atoms with Gasteiger partial charge in [-0.1, -0.05) is 6.07 Å². The third kappa shape index (κ3) is 2.72. The molecule has 2 N–H and O–H groups in total. The van der Waals surface area contributed by atoms with Gasteiger partial charge in [-0.15, -0.1) is 0 Å². The lowest BCUT2D eigenvalue weighted by molar-refractivity contribution is -0.385. The number of piperidine rings is 1. The third-order valence-electron chi connectivity index (χ3n) is 3.45. The number of nitrogens with zero attached hydrogens (tertiary/aromatic N) is 2. The van der Waals surface area contributed by atoms with Crippen LogP contribution in [-0.2, 0) is 0 Å².